The second-order valence-electron chi connectivity index (χ2n) is 6.46. The Morgan fingerprint density at radius 1 is 1.15 bits per heavy atom. The fourth-order valence-corrected chi connectivity index (χ4v) is 2.69. The Bertz CT molecular complexity index is 435. The SMILES string of the molecule is CCCCNC(=O)CCCCOC1OC(CO)C(O)C(O)C1NC(C)=O. The van der Waals surface area contributed by atoms with Crippen LogP contribution in [0.15, 0.2) is 0 Å². The van der Waals surface area contributed by atoms with Crippen molar-refractivity contribution in [2.24, 2.45) is 0 Å². The molecule has 1 saturated heterocycles. The van der Waals surface area contributed by atoms with E-state index in [-0.39, 0.29) is 12.5 Å². The molecule has 0 spiro atoms. The Morgan fingerprint density at radius 2 is 1.88 bits per heavy atom. The molecule has 9 nitrogen and oxygen atoms in total. The summed E-state index contributed by atoms with van der Waals surface area (Å²) in [6, 6.07) is -0.942. The lowest BCUT2D eigenvalue weighted by molar-refractivity contribution is -0.270. The van der Waals surface area contributed by atoms with Gasteiger partial charge in [0.2, 0.25) is 11.8 Å². The lowest BCUT2D eigenvalue weighted by Crippen LogP contribution is -2.64. The molecule has 2 amide bonds. The predicted octanol–water partition coefficient (Wildman–Crippen LogP) is -0.967. The number of ether oxygens (including phenoxy) is 2. The average molecular weight is 376 g/mol. The molecule has 0 aromatic carbocycles. The second-order valence-corrected chi connectivity index (χ2v) is 6.46. The van der Waals surface area contributed by atoms with E-state index in [9.17, 15) is 24.9 Å². The molecule has 26 heavy (non-hydrogen) atoms. The summed E-state index contributed by atoms with van der Waals surface area (Å²) in [4.78, 5) is 22.9. The van der Waals surface area contributed by atoms with Crippen LogP contribution in [0.3, 0.4) is 0 Å². The molecule has 1 fully saturated rings. The number of hydrogen-bond donors (Lipinski definition) is 5. The van der Waals surface area contributed by atoms with E-state index in [1.54, 1.807) is 0 Å². The van der Waals surface area contributed by atoms with Crippen molar-refractivity contribution in [1.82, 2.24) is 10.6 Å². The quantitative estimate of drug-likeness (QED) is 0.293. The van der Waals surface area contributed by atoms with E-state index in [4.69, 9.17) is 9.47 Å². The Kier molecular flexibility index (Phi) is 10.7. The van der Waals surface area contributed by atoms with Gasteiger partial charge in [-0.05, 0) is 19.3 Å². The molecule has 1 rings (SSSR count). The van der Waals surface area contributed by atoms with Crippen molar-refractivity contribution >= 4 is 11.8 Å². The first kappa shape index (κ1) is 22.8. The van der Waals surface area contributed by atoms with Gasteiger partial charge in [0.1, 0.15) is 24.4 Å². The molecule has 1 aliphatic heterocycles. The molecule has 0 aliphatic carbocycles. The number of amides is 2. The number of carbonyl (C=O) groups is 2. The Morgan fingerprint density at radius 3 is 2.50 bits per heavy atom. The molecular formula is C17H32N2O7. The van der Waals surface area contributed by atoms with Crippen molar-refractivity contribution in [3.63, 3.8) is 0 Å². The van der Waals surface area contributed by atoms with Gasteiger partial charge in [-0.2, -0.15) is 0 Å². The summed E-state index contributed by atoms with van der Waals surface area (Å²) in [5.74, 6) is -0.396. The smallest absolute Gasteiger partial charge is 0.219 e. The maximum Gasteiger partial charge on any atom is 0.219 e. The first-order valence-electron chi connectivity index (χ1n) is 9.18. The Hall–Kier alpha value is -1.26. The highest BCUT2D eigenvalue weighted by Gasteiger charge is 2.45. The van der Waals surface area contributed by atoms with Crippen LogP contribution in [0.1, 0.15) is 46.0 Å². The molecule has 5 atom stereocenters. The minimum atomic E-state index is -1.33. The van der Waals surface area contributed by atoms with E-state index in [2.05, 4.69) is 17.6 Å². The van der Waals surface area contributed by atoms with E-state index in [1.165, 1.54) is 6.92 Å². The number of carbonyl (C=O) groups excluding carboxylic acids is 2. The van der Waals surface area contributed by atoms with E-state index in [0.29, 0.717) is 25.8 Å². The van der Waals surface area contributed by atoms with Crippen molar-refractivity contribution in [2.75, 3.05) is 19.8 Å². The maximum absolute atomic E-state index is 11.6. The van der Waals surface area contributed by atoms with Crippen molar-refractivity contribution in [3.8, 4) is 0 Å². The van der Waals surface area contributed by atoms with Crippen LogP contribution in [0.25, 0.3) is 0 Å². The minimum Gasteiger partial charge on any atom is -0.394 e. The molecule has 0 bridgehead atoms. The highest BCUT2D eigenvalue weighted by molar-refractivity contribution is 5.75. The van der Waals surface area contributed by atoms with Gasteiger partial charge in [0.05, 0.1) is 6.61 Å². The number of hydrogen-bond acceptors (Lipinski definition) is 7. The molecule has 1 aliphatic rings. The number of nitrogens with one attached hydrogen (secondary N) is 2. The van der Waals surface area contributed by atoms with E-state index in [0.717, 1.165) is 12.8 Å². The van der Waals surface area contributed by atoms with Crippen molar-refractivity contribution < 1.29 is 34.4 Å². The summed E-state index contributed by atoms with van der Waals surface area (Å²) in [7, 11) is 0. The van der Waals surface area contributed by atoms with Crippen molar-refractivity contribution in [1.29, 1.82) is 0 Å². The first-order valence-corrected chi connectivity index (χ1v) is 9.18. The van der Waals surface area contributed by atoms with Crippen LogP contribution in [0.4, 0.5) is 0 Å². The zero-order chi connectivity index (χ0) is 19.5. The zero-order valence-corrected chi connectivity index (χ0v) is 15.5. The monoisotopic (exact) mass is 376 g/mol. The molecule has 5 unspecified atom stereocenters. The summed E-state index contributed by atoms with van der Waals surface area (Å²) in [5, 5.41) is 34.6. The third kappa shape index (κ3) is 7.55. The van der Waals surface area contributed by atoms with Gasteiger partial charge in [0.25, 0.3) is 0 Å². The fraction of sp³-hybridized carbons (Fsp3) is 0.882. The summed E-state index contributed by atoms with van der Waals surface area (Å²) in [6.45, 7) is 3.80. The number of unbranched alkanes of at least 4 members (excludes halogenated alkanes) is 2. The summed E-state index contributed by atoms with van der Waals surface area (Å²) < 4.78 is 11.0. The van der Waals surface area contributed by atoms with Gasteiger partial charge in [-0.15, -0.1) is 0 Å². The number of rotatable bonds is 11. The largest absolute Gasteiger partial charge is 0.394 e. The highest BCUT2D eigenvalue weighted by atomic mass is 16.7. The number of aliphatic hydroxyl groups excluding tert-OH is 3. The molecule has 0 aromatic heterocycles. The molecule has 152 valence electrons. The zero-order valence-electron chi connectivity index (χ0n) is 15.5. The van der Waals surface area contributed by atoms with Crippen LogP contribution in [-0.4, -0.2) is 77.5 Å². The van der Waals surface area contributed by atoms with Crippen LogP contribution in [0.2, 0.25) is 0 Å². The average Bonchev–Trinajstić information content (AvgIpc) is 2.60. The van der Waals surface area contributed by atoms with Crippen LogP contribution in [0.5, 0.6) is 0 Å². The summed E-state index contributed by atoms with van der Waals surface area (Å²) in [5.41, 5.74) is 0. The molecule has 0 radical (unpaired) electrons. The van der Waals surface area contributed by atoms with Gasteiger partial charge in [-0.3, -0.25) is 9.59 Å². The Balaban J connectivity index is 2.39. The molecule has 5 N–H and O–H groups in total. The van der Waals surface area contributed by atoms with Crippen LogP contribution in [0, 0.1) is 0 Å². The van der Waals surface area contributed by atoms with Gasteiger partial charge < -0.3 is 35.4 Å². The predicted molar refractivity (Wildman–Crippen MR) is 93.1 cm³/mol. The fourth-order valence-electron chi connectivity index (χ4n) is 2.69. The van der Waals surface area contributed by atoms with Crippen molar-refractivity contribution in [2.45, 2.75) is 76.6 Å². The van der Waals surface area contributed by atoms with E-state index in [1.807, 2.05) is 0 Å². The van der Waals surface area contributed by atoms with Crippen molar-refractivity contribution in [3.05, 3.63) is 0 Å². The second kappa shape index (κ2) is 12.2. The summed E-state index contributed by atoms with van der Waals surface area (Å²) in [6.07, 6.45) is -1.03. The molecular weight excluding hydrogens is 344 g/mol. The minimum absolute atomic E-state index is 0.00220. The number of aliphatic hydroxyl groups is 3. The third-order valence-corrected chi connectivity index (χ3v) is 4.18. The molecule has 1 heterocycles. The van der Waals surface area contributed by atoms with E-state index >= 15 is 0 Å². The van der Waals surface area contributed by atoms with Gasteiger partial charge >= 0.3 is 0 Å². The van der Waals surface area contributed by atoms with Crippen LogP contribution >= 0.6 is 0 Å². The van der Waals surface area contributed by atoms with Crippen LogP contribution < -0.4 is 10.6 Å². The Labute approximate surface area is 154 Å². The molecule has 0 saturated carbocycles. The topological polar surface area (TPSA) is 137 Å². The highest BCUT2D eigenvalue weighted by Crippen LogP contribution is 2.22. The normalized spacial score (nSPS) is 28.6. The van der Waals surface area contributed by atoms with E-state index < -0.39 is 43.2 Å². The van der Waals surface area contributed by atoms with Gasteiger partial charge in [0.15, 0.2) is 6.29 Å². The van der Waals surface area contributed by atoms with Gasteiger partial charge in [-0.25, -0.2) is 0 Å². The lowest BCUT2D eigenvalue weighted by atomic mass is 9.97. The van der Waals surface area contributed by atoms with Gasteiger partial charge in [-0.1, -0.05) is 13.3 Å². The lowest BCUT2D eigenvalue weighted by Gasteiger charge is -2.42. The maximum atomic E-state index is 11.6. The first-order chi connectivity index (χ1) is 12.4. The van der Waals surface area contributed by atoms with Crippen LogP contribution in [-0.2, 0) is 19.1 Å². The molecule has 9 heteroatoms. The molecule has 0 aromatic rings. The van der Waals surface area contributed by atoms with Gasteiger partial charge in [0, 0.05) is 26.5 Å². The third-order valence-electron chi connectivity index (χ3n) is 4.18. The summed E-state index contributed by atoms with van der Waals surface area (Å²) >= 11 is 0. The standard InChI is InChI=1S/C17H32N2O7/c1-3-4-8-18-13(22)7-5-6-9-25-17-14(19-11(2)21)16(24)15(23)12(10-20)26-17/h12,14-17,20,23-24H,3-10H2,1-2H3,(H,18,22)(H,19,21).